The highest BCUT2D eigenvalue weighted by atomic mass is 16.1. The lowest BCUT2D eigenvalue weighted by molar-refractivity contribution is -0.121. The Bertz CT molecular complexity index is 560. The van der Waals surface area contributed by atoms with Crippen LogP contribution in [0.15, 0.2) is 48.5 Å². The second-order valence-electron chi connectivity index (χ2n) is 4.30. The van der Waals surface area contributed by atoms with Crippen LogP contribution in [0.5, 0.6) is 0 Å². The Balaban J connectivity index is 2.04. The van der Waals surface area contributed by atoms with Gasteiger partial charge >= 0.3 is 0 Å². The minimum atomic E-state index is 0.114. The molecule has 0 bridgehead atoms. The summed E-state index contributed by atoms with van der Waals surface area (Å²) in [4.78, 5) is 11.4. The molecule has 1 N–H and O–H groups in total. The van der Waals surface area contributed by atoms with E-state index in [2.05, 4.69) is 35.6 Å². The average molecular weight is 223 g/mol. The smallest absolute Gasteiger partial charge is 0.224 e. The molecule has 0 spiro atoms. The van der Waals surface area contributed by atoms with E-state index >= 15 is 0 Å². The van der Waals surface area contributed by atoms with Gasteiger partial charge in [-0.2, -0.15) is 0 Å². The predicted octanol–water partition coefficient (Wildman–Crippen LogP) is 2.53. The lowest BCUT2D eigenvalue weighted by Gasteiger charge is -2.17. The maximum atomic E-state index is 11.4. The van der Waals surface area contributed by atoms with Gasteiger partial charge in [-0.3, -0.25) is 4.79 Å². The fraction of sp³-hybridized carbons (Fsp3) is 0.133. The van der Waals surface area contributed by atoms with Crippen LogP contribution in [-0.4, -0.2) is 5.91 Å². The number of benzene rings is 2. The van der Waals surface area contributed by atoms with Gasteiger partial charge in [0.05, 0.1) is 6.42 Å². The summed E-state index contributed by atoms with van der Waals surface area (Å²) in [5.74, 6) is 0.114. The van der Waals surface area contributed by atoms with E-state index in [1.165, 1.54) is 16.7 Å². The molecule has 0 aliphatic carbocycles. The van der Waals surface area contributed by atoms with E-state index in [1.54, 1.807) is 0 Å². The Morgan fingerprint density at radius 2 is 1.71 bits per heavy atom. The molecule has 0 fully saturated rings. The van der Waals surface area contributed by atoms with E-state index in [-0.39, 0.29) is 5.91 Å². The number of carbonyl (C=O) groups excluding carboxylic acids is 1. The molecule has 1 amide bonds. The molecule has 2 aromatic rings. The van der Waals surface area contributed by atoms with Gasteiger partial charge in [0, 0.05) is 6.54 Å². The van der Waals surface area contributed by atoms with Crippen molar-refractivity contribution in [3.05, 3.63) is 59.7 Å². The number of hydrogen-bond donors (Lipinski definition) is 1. The fourth-order valence-corrected chi connectivity index (χ4v) is 2.20. The van der Waals surface area contributed by atoms with Crippen LogP contribution in [-0.2, 0) is 17.8 Å². The Kier molecular flexibility index (Phi) is 2.41. The van der Waals surface area contributed by atoms with Crippen molar-refractivity contribution in [2.24, 2.45) is 0 Å². The first-order valence-electron chi connectivity index (χ1n) is 5.77. The second kappa shape index (κ2) is 4.06. The summed E-state index contributed by atoms with van der Waals surface area (Å²) >= 11 is 0. The molecule has 0 saturated carbocycles. The highest BCUT2D eigenvalue weighted by Gasteiger charge is 2.14. The van der Waals surface area contributed by atoms with Crippen molar-refractivity contribution in [1.29, 1.82) is 0 Å². The van der Waals surface area contributed by atoms with E-state index in [0.29, 0.717) is 13.0 Å². The molecule has 1 aliphatic rings. The lowest BCUT2D eigenvalue weighted by Crippen LogP contribution is -2.30. The Morgan fingerprint density at radius 3 is 2.53 bits per heavy atom. The monoisotopic (exact) mass is 223 g/mol. The third-order valence-electron chi connectivity index (χ3n) is 3.14. The van der Waals surface area contributed by atoms with E-state index in [4.69, 9.17) is 0 Å². The number of carbonyl (C=O) groups is 1. The first-order valence-corrected chi connectivity index (χ1v) is 5.77. The van der Waals surface area contributed by atoms with Crippen molar-refractivity contribution in [3.63, 3.8) is 0 Å². The van der Waals surface area contributed by atoms with E-state index in [0.717, 1.165) is 5.56 Å². The molecule has 0 saturated heterocycles. The number of nitrogens with one attached hydrogen (secondary N) is 1. The van der Waals surface area contributed by atoms with Crippen molar-refractivity contribution >= 4 is 5.91 Å². The molecule has 0 radical (unpaired) electrons. The summed E-state index contributed by atoms with van der Waals surface area (Å²) < 4.78 is 0. The van der Waals surface area contributed by atoms with Crippen molar-refractivity contribution in [3.8, 4) is 11.1 Å². The van der Waals surface area contributed by atoms with Crippen molar-refractivity contribution in [2.75, 3.05) is 0 Å². The van der Waals surface area contributed by atoms with Crippen LogP contribution < -0.4 is 5.32 Å². The highest BCUT2D eigenvalue weighted by molar-refractivity contribution is 5.81. The molecule has 2 aromatic carbocycles. The summed E-state index contributed by atoms with van der Waals surface area (Å²) in [5.41, 5.74) is 4.75. The summed E-state index contributed by atoms with van der Waals surface area (Å²) in [5, 5.41) is 2.86. The minimum absolute atomic E-state index is 0.114. The number of rotatable bonds is 1. The van der Waals surface area contributed by atoms with Crippen LogP contribution in [0.25, 0.3) is 11.1 Å². The lowest BCUT2D eigenvalue weighted by atomic mass is 9.95. The molecule has 0 aromatic heterocycles. The van der Waals surface area contributed by atoms with Gasteiger partial charge in [-0.15, -0.1) is 0 Å². The average Bonchev–Trinajstić information content (AvgIpc) is 2.39. The summed E-state index contributed by atoms with van der Waals surface area (Å²) in [6.45, 7) is 0.656. The normalized spacial score (nSPS) is 14.0. The number of amides is 1. The molecular formula is C15H13NO. The zero-order valence-electron chi connectivity index (χ0n) is 9.44. The third kappa shape index (κ3) is 1.94. The molecule has 84 valence electrons. The SMILES string of the molecule is O=C1Cc2cc(-c3ccccc3)ccc2CN1. The minimum Gasteiger partial charge on any atom is -0.352 e. The molecule has 3 rings (SSSR count). The van der Waals surface area contributed by atoms with Crippen LogP contribution in [0.3, 0.4) is 0 Å². The maximum absolute atomic E-state index is 11.4. The second-order valence-corrected chi connectivity index (χ2v) is 4.30. The van der Waals surface area contributed by atoms with Crippen LogP contribution in [0, 0.1) is 0 Å². The Hall–Kier alpha value is -2.09. The molecule has 0 atom stereocenters. The van der Waals surface area contributed by atoms with Gasteiger partial charge in [0.25, 0.3) is 0 Å². The van der Waals surface area contributed by atoms with Gasteiger partial charge in [-0.05, 0) is 22.3 Å². The first kappa shape index (κ1) is 10.1. The number of hydrogen-bond acceptors (Lipinski definition) is 1. The molecule has 1 heterocycles. The quantitative estimate of drug-likeness (QED) is 0.790. The van der Waals surface area contributed by atoms with Crippen LogP contribution in [0.2, 0.25) is 0 Å². The topological polar surface area (TPSA) is 29.1 Å². The highest BCUT2D eigenvalue weighted by Crippen LogP contribution is 2.24. The summed E-state index contributed by atoms with van der Waals surface area (Å²) in [7, 11) is 0. The van der Waals surface area contributed by atoms with Crippen LogP contribution >= 0.6 is 0 Å². The summed E-state index contributed by atoms with van der Waals surface area (Å²) in [6, 6.07) is 16.6. The zero-order chi connectivity index (χ0) is 11.7. The zero-order valence-corrected chi connectivity index (χ0v) is 9.44. The standard InChI is InChI=1S/C15H13NO/c17-15-9-14-8-12(6-7-13(14)10-16-15)11-4-2-1-3-5-11/h1-8H,9-10H2,(H,16,17). The molecule has 1 aliphatic heterocycles. The molecule has 2 heteroatoms. The van der Waals surface area contributed by atoms with Gasteiger partial charge in [0.2, 0.25) is 5.91 Å². The summed E-state index contributed by atoms with van der Waals surface area (Å²) in [6.07, 6.45) is 0.496. The molecule has 17 heavy (non-hydrogen) atoms. The van der Waals surface area contributed by atoms with Gasteiger partial charge in [0.15, 0.2) is 0 Å². The maximum Gasteiger partial charge on any atom is 0.224 e. The Labute approximate surface area is 100 Å². The van der Waals surface area contributed by atoms with Gasteiger partial charge in [-0.25, -0.2) is 0 Å². The molecule has 2 nitrogen and oxygen atoms in total. The van der Waals surface area contributed by atoms with Crippen molar-refractivity contribution in [1.82, 2.24) is 5.32 Å². The van der Waals surface area contributed by atoms with Crippen LogP contribution in [0.4, 0.5) is 0 Å². The van der Waals surface area contributed by atoms with Crippen molar-refractivity contribution in [2.45, 2.75) is 13.0 Å². The van der Waals surface area contributed by atoms with E-state index in [1.807, 2.05) is 18.2 Å². The first-order chi connectivity index (χ1) is 8.33. The van der Waals surface area contributed by atoms with Gasteiger partial charge in [-0.1, -0.05) is 48.5 Å². The third-order valence-corrected chi connectivity index (χ3v) is 3.14. The Morgan fingerprint density at radius 1 is 0.882 bits per heavy atom. The van der Waals surface area contributed by atoms with E-state index < -0.39 is 0 Å². The molecule has 0 unspecified atom stereocenters. The van der Waals surface area contributed by atoms with E-state index in [9.17, 15) is 4.79 Å². The number of fused-ring (bicyclic) bond motifs is 1. The van der Waals surface area contributed by atoms with Gasteiger partial charge < -0.3 is 5.32 Å². The van der Waals surface area contributed by atoms with Crippen molar-refractivity contribution < 1.29 is 4.79 Å². The van der Waals surface area contributed by atoms with Crippen LogP contribution in [0.1, 0.15) is 11.1 Å². The fourth-order valence-electron chi connectivity index (χ4n) is 2.20. The van der Waals surface area contributed by atoms with Gasteiger partial charge in [0.1, 0.15) is 0 Å². The molecular weight excluding hydrogens is 210 g/mol. The predicted molar refractivity (Wildman–Crippen MR) is 67.4 cm³/mol. The largest absolute Gasteiger partial charge is 0.352 e.